The highest BCUT2D eigenvalue weighted by molar-refractivity contribution is 8.18. The highest BCUT2D eigenvalue weighted by Crippen LogP contribution is 2.35. The van der Waals surface area contributed by atoms with E-state index in [1.165, 1.54) is 7.11 Å². The third-order valence-corrected chi connectivity index (χ3v) is 6.61. The normalized spacial score (nSPS) is 14.3. The van der Waals surface area contributed by atoms with Crippen LogP contribution in [0.25, 0.3) is 6.08 Å². The predicted molar refractivity (Wildman–Crippen MR) is 141 cm³/mol. The van der Waals surface area contributed by atoms with Crippen molar-refractivity contribution in [3.05, 3.63) is 93.3 Å². The number of thioether (sulfide) groups is 1. The van der Waals surface area contributed by atoms with Crippen molar-refractivity contribution >= 4 is 52.2 Å². The zero-order valence-electron chi connectivity index (χ0n) is 19.6. The average Bonchev–Trinajstić information content (AvgIpc) is 3.12. The second-order valence-corrected chi connectivity index (χ2v) is 9.37. The number of methoxy groups -OCH3 is 1. The Bertz CT molecular complexity index is 1340. The molecule has 3 aromatic rings. The molecule has 1 aliphatic rings. The van der Waals surface area contributed by atoms with Gasteiger partial charge in [0.2, 0.25) is 5.91 Å². The number of halogens is 1. The molecule has 3 aromatic carbocycles. The molecule has 4 rings (SSSR count). The minimum atomic E-state index is -0.526. The van der Waals surface area contributed by atoms with Crippen LogP contribution in [0.4, 0.5) is 10.5 Å². The van der Waals surface area contributed by atoms with E-state index in [9.17, 15) is 14.4 Å². The topological polar surface area (TPSA) is 84.9 Å². The number of benzene rings is 3. The summed E-state index contributed by atoms with van der Waals surface area (Å²) < 4.78 is 11.3. The number of rotatable bonds is 8. The molecule has 0 bridgehead atoms. The van der Waals surface area contributed by atoms with Crippen LogP contribution in [0, 0.1) is 6.92 Å². The highest BCUT2D eigenvalue weighted by atomic mass is 35.5. The number of nitrogens with zero attached hydrogens (tertiary/aromatic N) is 1. The Hall–Kier alpha value is -3.75. The number of anilines is 1. The molecule has 1 fully saturated rings. The first kappa shape index (κ1) is 25.3. The molecule has 1 N–H and O–H groups in total. The van der Waals surface area contributed by atoms with E-state index >= 15 is 0 Å². The van der Waals surface area contributed by atoms with Crippen LogP contribution in [-0.2, 0) is 16.2 Å². The summed E-state index contributed by atoms with van der Waals surface area (Å²) in [5, 5.41) is 2.80. The molecule has 0 spiro atoms. The Morgan fingerprint density at radius 1 is 1.06 bits per heavy atom. The van der Waals surface area contributed by atoms with E-state index in [0.717, 1.165) is 27.8 Å². The smallest absolute Gasteiger partial charge is 0.294 e. The molecule has 9 heteroatoms. The molecule has 184 valence electrons. The van der Waals surface area contributed by atoms with Gasteiger partial charge >= 0.3 is 0 Å². The lowest BCUT2D eigenvalue weighted by molar-refractivity contribution is -0.127. The Morgan fingerprint density at radius 2 is 1.81 bits per heavy atom. The summed E-state index contributed by atoms with van der Waals surface area (Å²) in [6, 6.07) is 19.8. The summed E-state index contributed by atoms with van der Waals surface area (Å²) in [5.74, 6) is -0.00544. The van der Waals surface area contributed by atoms with Gasteiger partial charge in [0.05, 0.1) is 12.0 Å². The molecule has 1 saturated heterocycles. The highest BCUT2D eigenvalue weighted by Gasteiger charge is 2.36. The Balaban J connectivity index is 1.43. The zero-order chi connectivity index (χ0) is 25.7. The van der Waals surface area contributed by atoms with Gasteiger partial charge in [-0.15, -0.1) is 0 Å². The van der Waals surface area contributed by atoms with Crippen molar-refractivity contribution in [2.75, 3.05) is 19.0 Å². The summed E-state index contributed by atoms with van der Waals surface area (Å²) in [4.78, 5) is 38.8. The van der Waals surface area contributed by atoms with Crippen LogP contribution in [0.15, 0.2) is 71.6 Å². The van der Waals surface area contributed by atoms with E-state index in [1.54, 1.807) is 42.5 Å². The number of carbonyl (C=O) groups is 3. The number of nitrogens with one attached hydrogen (secondary N) is 1. The fourth-order valence-electron chi connectivity index (χ4n) is 3.43. The lowest BCUT2D eigenvalue weighted by atomic mass is 10.1. The molecule has 0 radical (unpaired) electrons. The monoisotopic (exact) mass is 522 g/mol. The van der Waals surface area contributed by atoms with E-state index in [-0.39, 0.29) is 18.1 Å². The molecule has 3 amide bonds. The van der Waals surface area contributed by atoms with Gasteiger partial charge in [-0.1, -0.05) is 53.6 Å². The second kappa shape index (κ2) is 11.3. The van der Waals surface area contributed by atoms with Gasteiger partial charge < -0.3 is 14.8 Å². The van der Waals surface area contributed by atoms with Crippen molar-refractivity contribution in [1.82, 2.24) is 4.90 Å². The summed E-state index contributed by atoms with van der Waals surface area (Å²) in [7, 11) is 1.52. The maximum Gasteiger partial charge on any atom is 0.294 e. The molecule has 0 atom stereocenters. The van der Waals surface area contributed by atoms with Gasteiger partial charge in [-0.2, -0.15) is 0 Å². The summed E-state index contributed by atoms with van der Waals surface area (Å²) in [6.45, 7) is 1.84. The third kappa shape index (κ3) is 6.08. The van der Waals surface area contributed by atoms with Gasteiger partial charge in [-0.05, 0) is 60.7 Å². The number of hydrogen-bond donors (Lipinski definition) is 1. The van der Waals surface area contributed by atoms with Gasteiger partial charge in [-0.25, -0.2) is 0 Å². The van der Waals surface area contributed by atoms with Crippen molar-refractivity contribution in [2.24, 2.45) is 0 Å². The van der Waals surface area contributed by atoms with Gasteiger partial charge in [0, 0.05) is 16.3 Å². The molecule has 36 heavy (non-hydrogen) atoms. The van der Waals surface area contributed by atoms with Crippen LogP contribution >= 0.6 is 23.4 Å². The van der Waals surface area contributed by atoms with Crippen molar-refractivity contribution < 1.29 is 23.9 Å². The first-order chi connectivity index (χ1) is 17.3. The number of imide groups is 1. The minimum absolute atomic E-state index is 0.218. The van der Waals surface area contributed by atoms with E-state index < -0.39 is 17.1 Å². The van der Waals surface area contributed by atoms with Crippen LogP contribution in [0.2, 0.25) is 5.02 Å². The molecule has 1 aliphatic heterocycles. The lowest BCUT2D eigenvalue weighted by Crippen LogP contribution is -2.36. The Kier molecular flexibility index (Phi) is 7.97. The van der Waals surface area contributed by atoms with Crippen LogP contribution < -0.4 is 14.8 Å². The van der Waals surface area contributed by atoms with Crippen LogP contribution in [-0.4, -0.2) is 35.6 Å². The lowest BCUT2D eigenvalue weighted by Gasteiger charge is -2.13. The molecule has 0 unspecified atom stereocenters. The molecule has 7 nitrogen and oxygen atoms in total. The molecular formula is C27H23ClN2O5S. The second-order valence-electron chi connectivity index (χ2n) is 7.97. The van der Waals surface area contributed by atoms with Gasteiger partial charge in [0.25, 0.3) is 11.1 Å². The predicted octanol–water partition coefficient (Wildman–Crippen LogP) is 5.91. The van der Waals surface area contributed by atoms with Crippen molar-refractivity contribution in [3.63, 3.8) is 0 Å². The summed E-state index contributed by atoms with van der Waals surface area (Å²) in [5.41, 5.74) is 3.13. The number of amides is 3. The van der Waals surface area contributed by atoms with Gasteiger partial charge in [0.15, 0.2) is 11.5 Å². The van der Waals surface area contributed by atoms with Gasteiger partial charge in [0.1, 0.15) is 13.2 Å². The van der Waals surface area contributed by atoms with Crippen LogP contribution in [0.1, 0.15) is 16.7 Å². The Morgan fingerprint density at radius 3 is 2.53 bits per heavy atom. The first-order valence-corrected chi connectivity index (χ1v) is 12.2. The van der Waals surface area contributed by atoms with Gasteiger partial charge in [-0.3, -0.25) is 19.3 Å². The summed E-state index contributed by atoms with van der Waals surface area (Å²) in [6.07, 6.45) is 1.59. The van der Waals surface area contributed by atoms with Crippen LogP contribution in [0.5, 0.6) is 11.5 Å². The van der Waals surface area contributed by atoms with Crippen molar-refractivity contribution in [3.8, 4) is 11.5 Å². The van der Waals surface area contributed by atoms with E-state index in [4.69, 9.17) is 21.1 Å². The number of aryl methyl sites for hydroxylation is 1. The van der Waals surface area contributed by atoms with E-state index in [2.05, 4.69) is 5.32 Å². The molecule has 0 aromatic heterocycles. The zero-order valence-corrected chi connectivity index (χ0v) is 21.2. The maximum absolute atomic E-state index is 12.8. The van der Waals surface area contributed by atoms with Crippen LogP contribution in [0.3, 0.4) is 0 Å². The fraction of sp³-hybridized carbons (Fsp3) is 0.148. The minimum Gasteiger partial charge on any atom is -0.493 e. The number of carbonyl (C=O) groups excluding carboxylic acids is 3. The Labute approximate surface area is 218 Å². The third-order valence-electron chi connectivity index (χ3n) is 5.34. The quantitative estimate of drug-likeness (QED) is 0.370. The summed E-state index contributed by atoms with van der Waals surface area (Å²) >= 11 is 6.97. The number of hydrogen-bond acceptors (Lipinski definition) is 6. The average molecular weight is 523 g/mol. The van der Waals surface area contributed by atoms with Crippen molar-refractivity contribution in [1.29, 1.82) is 0 Å². The largest absolute Gasteiger partial charge is 0.493 e. The van der Waals surface area contributed by atoms with E-state index in [1.807, 2.05) is 37.3 Å². The molecule has 1 heterocycles. The maximum atomic E-state index is 12.8. The number of ether oxygens (including phenoxy) is 2. The standard InChI is InChI=1S/C27H23ClN2O5S/c1-17-7-10-20(11-8-17)29-25(31)15-30-26(32)24(36-27(30)33)14-18-9-12-22(23(13-18)34-2)35-16-19-5-3-4-6-21(19)28/h3-14H,15-16H2,1-2H3,(H,29,31)/b24-14+. The molecular weight excluding hydrogens is 500 g/mol. The fourth-order valence-corrected chi connectivity index (χ4v) is 4.46. The first-order valence-electron chi connectivity index (χ1n) is 11.0. The SMILES string of the molecule is COc1cc(/C=C2/SC(=O)N(CC(=O)Nc3ccc(C)cc3)C2=O)ccc1OCc1ccccc1Cl. The molecule has 0 aliphatic carbocycles. The van der Waals surface area contributed by atoms with E-state index in [0.29, 0.717) is 27.8 Å². The van der Waals surface area contributed by atoms with Crippen molar-refractivity contribution in [2.45, 2.75) is 13.5 Å². The molecule has 0 saturated carbocycles.